The summed E-state index contributed by atoms with van der Waals surface area (Å²) in [4.78, 5) is 0. The van der Waals surface area contributed by atoms with Crippen LogP contribution in [0.4, 0.5) is 5.69 Å². The van der Waals surface area contributed by atoms with Crippen LogP contribution >= 0.6 is 0 Å². The molecule has 0 aromatic heterocycles. The maximum Gasteiger partial charge on any atom is 0.142 e. The first-order valence-electron chi connectivity index (χ1n) is 6.44. The third-order valence-electron chi connectivity index (χ3n) is 3.17. The summed E-state index contributed by atoms with van der Waals surface area (Å²) in [7, 11) is 3.38. The number of nitrogens with one attached hydrogen (secondary N) is 2. The maximum atomic E-state index is 5.38. The summed E-state index contributed by atoms with van der Waals surface area (Å²) in [5.74, 6) is 1.74. The molecule has 2 rings (SSSR count). The standard InChI is InChI=1S/C14H22N2O2/c1-10-8-14(18-3)12(9-13(10)17-2)16-7-6-15-11-4-5-11/h8-9,11,15-16H,4-7H2,1-3H3. The normalized spacial score (nSPS) is 14.4. The van der Waals surface area contributed by atoms with Gasteiger partial charge >= 0.3 is 0 Å². The van der Waals surface area contributed by atoms with E-state index in [9.17, 15) is 0 Å². The number of benzene rings is 1. The van der Waals surface area contributed by atoms with Crippen LogP contribution in [0.1, 0.15) is 18.4 Å². The highest BCUT2D eigenvalue weighted by Crippen LogP contribution is 2.32. The Morgan fingerprint density at radius 1 is 1.11 bits per heavy atom. The van der Waals surface area contributed by atoms with Crippen molar-refractivity contribution in [3.8, 4) is 11.5 Å². The van der Waals surface area contributed by atoms with E-state index in [1.165, 1.54) is 12.8 Å². The summed E-state index contributed by atoms with van der Waals surface area (Å²) in [5, 5.41) is 6.85. The minimum absolute atomic E-state index is 0.751. The average molecular weight is 250 g/mol. The third kappa shape index (κ3) is 3.29. The highest BCUT2D eigenvalue weighted by atomic mass is 16.5. The first kappa shape index (κ1) is 13.0. The topological polar surface area (TPSA) is 42.5 Å². The molecule has 4 heteroatoms. The molecule has 1 aromatic carbocycles. The van der Waals surface area contributed by atoms with Gasteiger partial charge in [0.2, 0.25) is 0 Å². The van der Waals surface area contributed by atoms with Gasteiger partial charge in [0.1, 0.15) is 11.5 Å². The Hall–Kier alpha value is -1.42. The van der Waals surface area contributed by atoms with Crippen LogP contribution in [-0.2, 0) is 0 Å². The number of hydrogen-bond acceptors (Lipinski definition) is 4. The highest BCUT2D eigenvalue weighted by molar-refractivity contribution is 5.62. The van der Waals surface area contributed by atoms with Crippen LogP contribution in [0.15, 0.2) is 12.1 Å². The number of methoxy groups -OCH3 is 2. The van der Waals surface area contributed by atoms with E-state index >= 15 is 0 Å². The van der Waals surface area contributed by atoms with Gasteiger partial charge in [-0.1, -0.05) is 0 Å². The Morgan fingerprint density at radius 2 is 1.83 bits per heavy atom. The molecular weight excluding hydrogens is 228 g/mol. The predicted molar refractivity (Wildman–Crippen MR) is 73.8 cm³/mol. The first-order valence-corrected chi connectivity index (χ1v) is 6.44. The van der Waals surface area contributed by atoms with E-state index in [0.29, 0.717) is 0 Å². The molecule has 0 unspecified atom stereocenters. The van der Waals surface area contributed by atoms with Crippen molar-refractivity contribution < 1.29 is 9.47 Å². The molecule has 1 aromatic rings. The number of ether oxygens (including phenoxy) is 2. The molecule has 100 valence electrons. The van der Waals surface area contributed by atoms with Crippen molar-refractivity contribution in [2.75, 3.05) is 32.6 Å². The Labute approximate surface area is 109 Å². The highest BCUT2D eigenvalue weighted by Gasteiger charge is 2.19. The minimum Gasteiger partial charge on any atom is -0.496 e. The fraction of sp³-hybridized carbons (Fsp3) is 0.571. The number of hydrogen-bond donors (Lipinski definition) is 2. The van der Waals surface area contributed by atoms with Gasteiger partial charge in [0.15, 0.2) is 0 Å². The van der Waals surface area contributed by atoms with Gasteiger partial charge in [-0.15, -0.1) is 0 Å². The van der Waals surface area contributed by atoms with Gasteiger partial charge in [-0.05, 0) is 31.4 Å². The molecule has 2 N–H and O–H groups in total. The van der Waals surface area contributed by atoms with E-state index in [2.05, 4.69) is 10.6 Å². The number of rotatable bonds is 7. The summed E-state index contributed by atoms with van der Waals surface area (Å²) in [6.45, 7) is 3.88. The molecule has 0 atom stereocenters. The zero-order valence-electron chi connectivity index (χ0n) is 11.4. The smallest absolute Gasteiger partial charge is 0.142 e. The van der Waals surface area contributed by atoms with Crippen molar-refractivity contribution in [1.82, 2.24) is 5.32 Å². The third-order valence-corrected chi connectivity index (χ3v) is 3.17. The largest absolute Gasteiger partial charge is 0.496 e. The van der Waals surface area contributed by atoms with Crippen molar-refractivity contribution in [3.63, 3.8) is 0 Å². The monoisotopic (exact) mass is 250 g/mol. The van der Waals surface area contributed by atoms with E-state index in [1.54, 1.807) is 14.2 Å². The van der Waals surface area contributed by atoms with Gasteiger partial charge < -0.3 is 20.1 Å². The SMILES string of the molecule is COc1cc(NCCNC2CC2)c(OC)cc1C. The Bertz CT molecular complexity index is 403. The van der Waals surface area contributed by atoms with Gasteiger partial charge in [0, 0.05) is 25.2 Å². The molecule has 4 nitrogen and oxygen atoms in total. The summed E-state index contributed by atoms with van der Waals surface area (Å²) >= 11 is 0. The van der Waals surface area contributed by atoms with Crippen LogP contribution in [0, 0.1) is 6.92 Å². The molecule has 1 saturated carbocycles. The lowest BCUT2D eigenvalue weighted by atomic mass is 10.2. The second kappa shape index (κ2) is 5.96. The summed E-state index contributed by atoms with van der Waals surface area (Å²) in [6.07, 6.45) is 2.64. The number of anilines is 1. The van der Waals surface area contributed by atoms with Gasteiger partial charge in [0.25, 0.3) is 0 Å². The molecule has 0 radical (unpaired) electrons. The Balaban J connectivity index is 1.95. The Morgan fingerprint density at radius 3 is 2.44 bits per heavy atom. The molecule has 1 aliphatic carbocycles. The molecule has 1 aliphatic rings. The average Bonchev–Trinajstić information content (AvgIpc) is 3.19. The van der Waals surface area contributed by atoms with E-state index in [4.69, 9.17) is 9.47 Å². The van der Waals surface area contributed by atoms with Crippen LogP contribution in [0.5, 0.6) is 11.5 Å². The van der Waals surface area contributed by atoms with E-state index in [0.717, 1.165) is 41.9 Å². The van der Waals surface area contributed by atoms with Gasteiger partial charge in [-0.25, -0.2) is 0 Å². The van der Waals surface area contributed by atoms with Crippen LogP contribution in [0.2, 0.25) is 0 Å². The van der Waals surface area contributed by atoms with E-state index in [1.807, 2.05) is 19.1 Å². The zero-order valence-corrected chi connectivity index (χ0v) is 11.4. The lowest BCUT2D eigenvalue weighted by Gasteiger charge is -2.14. The van der Waals surface area contributed by atoms with Crippen molar-refractivity contribution in [3.05, 3.63) is 17.7 Å². The maximum absolute atomic E-state index is 5.38. The molecule has 18 heavy (non-hydrogen) atoms. The van der Waals surface area contributed by atoms with Gasteiger partial charge in [-0.2, -0.15) is 0 Å². The molecule has 1 fully saturated rings. The fourth-order valence-corrected chi connectivity index (χ4v) is 1.95. The van der Waals surface area contributed by atoms with Crippen LogP contribution in [0.3, 0.4) is 0 Å². The molecule has 0 spiro atoms. The predicted octanol–water partition coefficient (Wildman–Crippen LogP) is 2.18. The summed E-state index contributed by atoms with van der Waals surface area (Å²) in [5.41, 5.74) is 2.06. The van der Waals surface area contributed by atoms with E-state index in [-0.39, 0.29) is 0 Å². The van der Waals surface area contributed by atoms with Crippen molar-refractivity contribution in [2.24, 2.45) is 0 Å². The molecule has 0 heterocycles. The van der Waals surface area contributed by atoms with E-state index < -0.39 is 0 Å². The van der Waals surface area contributed by atoms with Crippen molar-refractivity contribution in [2.45, 2.75) is 25.8 Å². The van der Waals surface area contributed by atoms with Crippen molar-refractivity contribution in [1.29, 1.82) is 0 Å². The van der Waals surface area contributed by atoms with Gasteiger partial charge in [-0.3, -0.25) is 0 Å². The second-order valence-electron chi connectivity index (χ2n) is 4.68. The van der Waals surface area contributed by atoms with Crippen LogP contribution in [0.25, 0.3) is 0 Å². The first-order chi connectivity index (χ1) is 8.74. The fourth-order valence-electron chi connectivity index (χ4n) is 1.95. The minimum atomic E-state index is 0.751. The zero-order chi connectivity index (χ0) is 13.0. The van der Waals surface area contributed by atoms with Crippen LogP contribution < -0.4 is 20.1 Å². The lowest BCUT2D eigenvalue weighted by Crippen LogP contribution is -2.24. The quantitative estimate of drug-likeness (QED) is 0.728. The van der Waals surface area contributed by atoms with Gasteiger partial charge in [0.05, 0.1) is 19.9 Å². The van der Waals surface area contributed by atoms with Crippen molar-refractivity contribution >= 4 is 5.69 Å². The summed E-state index contributed by atoms with van der Waals surface area (Å²) < 4.78 is 10.7. The molecule has 0 bridgehead atoms. The number of aryl methyl sites for hydroxylation is 1. The Kier molecular flexibility index (Phi) is 4.31. The van der Waals surface area contributed by atoms with Crippen LogP contribution in [-0.4, -0.2) is 33.4 Å². The molecule has 0 amide bonds. The molecule has 0 aliphatic heterocycles. The molecule has 0 saturated heterocycles. The summed E-state index contributed by atoms with van der Waals surface area (Å²) in [6, 6.07) is 4.74. The lowest BCUT2D eigenvalue weighted by molar-refractivity contribution is 0.402. The second-order valence-corrected chi connectivity index (χ2v) is 4.68. The molecular formula is C14H22N2O2.